The summed E-state index contributed by atoms with van der Waals surface area (Å²) in [6.07, 6.45) is 3.68. The number of halogens is 4. The average Bonchev–Trinajstić information content (AvgIpc) is 3.30. The average molecular weight is 562 g/mol. The Kier molecular flexibility index (Phi) is 6.88. The lowest BCUT2D eigenvalue weighted by Crippen LogP contribution is -2.27. The number of thioether (sulfide) groups is 1. The summed E-state index contributed by atoms with van der Waals surface area (Å²) in [6.45, 7) is 0.465. The van der Waals surface area contributed by atoms with Crippen molar-refractivity contribution in [1.29, 1.82) is 0 Å². The smallest absolute Gasteiger partial charge is 0.293 e. The van der Waals surface area contributed by atoms with Gasteiger partial charge in [0.05, 0.1) is 18.0 Å². The Morgan fingerprint density at radius 1 is 0.743 bits per heavy atom. The number of carbonyl (C=O) groups excluding carboxylic acids is 2. The molecular weight excluding hydrogens is 546 g/mol. The molecule has 3 aromatic carbocycles. The lowest BCUT2D eigenvalue weighted by Gasteiger charge is -2.14. The molecule has 1 aromatic heterocycles. The van der Waals surface area contributed by atoms with Crippen molar-refractivity contribution < 1.29 is 9.59 Å². The molecule has 4 aromatic rings. The Labute approximate surface area is 226 Å². The molecule has 1 aliphatic heterocycles. The van der Waals surface area contributed by atoms with E-state index in [1.807, 2.05) is 35.0 Å². The summed E-state index contributed by atoms with van der Waals surface area (Å²) < 4.78 is 2.03. The highest BCUT2D eigenvalue weighted by molar-refractivity contribution is 8.18. The van der Waals surface area contributed by atoms with E-state index in [0.717, 1.165) is 38.7 Å². The number of benzene rings is 3. The summed E-state index contributed by atoms with van der Waals surface area (Å²) in [5.41, 5.74) is 3.11. The van der Waals surface area contributed by atoms with Crippen LogP contribution in [0.15, 0.2) is 71.8 Å². The Morgan fingerprint density at radius 3 is 1.94 bits per heavy atom. The summed E-state index contributed by atoms with van der Waals surface area (Å²) >= 11 is 26.2. The highest BCUT2D eigenvalue weighted by Crippen LogP contribution is 2.37. The topological polar surface area (TPSA) is 42.3 Å². The predicted octanol–water partition coefficient (Wildman–Crippen LogP) is 8.54. The first-order valence-corrected chi connectivity index (χ1v) is 12.9. The van der Waals surface area contributed by atoms with Crippen molar-refractivity contribution in [3.8, 4) is 0 Å². The lowest BCUT2D eigenvalue weighted by molar-refractivity contribution is -0.123. The SMILES string of the molecule is O=C1S/C(=C/c2cn(Cc3c(Cl)cccc3Cl)c3ccccc23)C(=O)N1Cc1c(Cl)cccc1Cl. The molecule has 0 bridgehead atoms. The van der Waals surface area contributed by atoms with Gasteiger partial charge in [-0.1, -0.05) is 76.7 Å². The minimum atomic E-state index is -0.387. The second-order valence-corrected chi connectivity index (χ2v) is 10.5. The van der Waals surface area contributed by atoms with E-state index in [1.165, 1.54) is 0 Å². The monoisotopic (exact) mass is 560 g/mol. The fourth-order valence-corrected chi connectivity index (χ4v) is 5.86. The minimum Gasteiger partial charge on any atom is -0.342 e. The molecule has 0 N–H and O–H groups in total. The molecule has 0 unspecified atom stereocenters. The maximum Gasteiger partial charge on any atom is 0.293 e. The van der Waals surface area contributed by atoms with Gasteiger partial charge in [0.2, 0.25) is 0 Å². The first-order chi connectivity index (χ1) is 16.8. The van der Waals surface area contributed by atoms with Gasteiger partial charge in [-0.3, -0.25) is 14.5 Å². The molecule has 2 heterocycles. The van der Waals surface area contributed by atoms with Crippen molar-refractivity contribution in [1.82, 2.24) is 9.47 Å². The fourth-order valence-electron chi connectivity index (χ4n) is 3.99. The van der Waals surface area contributed by atoms with Crippen LogP contribution in [0.25, 0.3) is 17.0 Å². The van der Waals surface area contributed by atoms with Crippen LogP contribution in [-0.2, 0) is 17.9 Å². The number of carbonyl (C=O) groups is 2. The molecule has 176 valence electrons. The van der Waals surface area contributed by atoms with Crippen LogP contribution in [0.1, 0.15) is 16.7 Å². The van der Waals surface area contributed by atoms with Crippen molar-refractivity contribution in [2.24, 2.45) is 0 Å². The van der Waals surface area contributed by atoms with Gasteiger partial charge in [0.15, 0.2) is 0 Å². The molecule has 2 amide bonds. The van der Waals surface area contributed by atoms with Gasteiger partial charge in [0.25, 0.3) is 11.1 Å². The first kappa shape index (κ1) is 24.3. The molecule has 0 aliphatic carbocycles. The standard InChI is InChI=1S/C26H16Cl4N2O2S/c27-19-6-3-7-20(28)17(19)13-31-12-15(16-5-1-2-10-23(16)31)11-24-25(33)32(26(34)35-24)14-18-21(29)8-4-9-22(18)30/h1-12H,13-14H2/b24-11+. The van der Waals surface area contributed by atoms with Crippen LogP contribution in [0.4, 0.5) is 4.79 Å². The van der Waals surface area contributed by atoms with Gasteiger partial charge in [-0.05, 0) is 48.2 Å². The number of hydrogen-bond acceptors (Lipinski definition) is 3. The number of fused-ring (bicyclic) bond motifs is 1. The molecule has 35 heavy (non-hydrogen) atoms. The third kappa shape index (κ3) is 4.72. The maximum atomic E-state index is 13.2. The van der Waals surface area contributed by atoms with E-state index in [2.05, 4.69) is 0 Å². The van der Waals surface area contributed by atoms with Crippen molar-refractivity contribution >= 4 is 86.3 Å². The molecule has 1 saturated heterocycles. The number of imide groups is 1. The highest BCUT2D eigenvalue weighted by Gasteiger charge is 2.36. The van der Waals surface area contributed by atoms with Gasteiger partial charge in [0.1, 0.15) is 0 Å². The molecule has 5 rings (SSSR count). The summed E-state index contributed by atoms with van der Waals surface area (Å²) in [5, 5.41) is 2.54. The Morgan fingerprint density at radius 2 is 1.31 bits per heavy atom. The molecule has 9 heteroatoms. The van der Waals surface area contributed by atoms with Crippen LogP contribution in [-0.4, -0.2) is 20.6 Å². The quantitative estimate of drug-likeness (QED) is 0.229. The molecule has 1 aliphatic rings. The van der Waals surface area contributed by atoms with Crippen molar-refractivity contribution in [3.63, 3.8) is 0 Å². The molecule has 0 saturated carbocycles. The zero-order chi connectivity index (χ0) is 24.7. The van der Waals surface area contributed by atoms with Gasteiger partial charge < -0.3 is 4.57 Å². The summed E-state index contributed by atoms with van der Waals surface area (Å²) in [5.74, 6) is -0.387. The van der Waals surface area contributed by atoms with Gasteiger partial charge in [-0.25, -0.2) is 0 Å². The molecule has 0 spiro atoms. The van der Waals surface area contributed by atoms with Gasteiger partial charge >= 0.3 is 0 Å². The number of nitrogens with zero attached hydrogens (tertiary/aromatic N) is 2. The Balaban J connectivity index is 1.49. The molecule has 4 nitrogen and oxygen atoms in total. The molecule has 0 radical (unpaired) electrons. The molecular formula is C26H16Cl4N2O2S. The van der Waals surface area contributed by atoms with Crippen molar-refractivity contribution in [3.05, 3.63) is 109 Å². The third-order valence-electron chi connectivity index (χ3n) is 5.75. The van der Waals surface area contributed by atoms with Gasteiger partial charge in [0, 0.05) is 53.9 Å². The molecule has 0 atom stereocenters. The van der Waals surface area contributed by atoms with Crippen LogP contribution in [0.3, 0.4) is 0 Å². The lowest BCUT2D eigenvalue weighted by atomic mass is 10.1. The van der Waals surface area contributed by atoms with Gasteiger partial charge in [-0.2, -0.15) is 0 Å². The zero-order valence-electron chi connectivity index (χ0n) is 18.0. The van der Waals surface area contributed by atoms with E-state index < -0.39 is 0 Å². The van der Waals surface area contributed by atoms with Crippen LogP contribution < -0.4 is 0 Å². The highest BCUT2D eigenvalue weighted by atomic mass is 35.5. The zero-order valence-corrected chi connectivity index (χ0v) is 21.8. The number of para-hydroxylation sites is 1. The van der Waals surface area contributed by atoms with Gasteiger partial charge in [-0.15, -0.1) is 0 Å². The van der Waals surface area contributed by atoms with E-state index in [-0.39, 0.29) is 17.7 Å². The van der Waals surface area contributed by atoms with Crippen LogP contribution in [0.5, 0.6) is 0 Å². The largest absolute Gasteiger partial charge is 0.342 e. The van der Waals surface area contributed by atoms with E-state index in [9.17, 15) is 9.59 Å². The number of aromatic nitrogens is 1. The Hall–Kier alpha value is -2.41. The summed E-state index contributed by atoms with van der Waals surface area (Å²) in [4.78, 5) is 27.4. The summed E-state index contributed by atoms with van der Waals surface area (Å²) in [7, 11) is 0. The predicted molar refractivity (Wildman–Crippen MR) is 145 cm³/mol. The normalized spacial score (nSPS) is 15.1. The third-order valence-corrected chi connectivity index (χ3v) is 8.07. The van der Waals surface area contributed by atoms with E-state index in [4.69, 9.17) is 46.4 Å². The van der Waals surface area contributed by atoms with Crippen molar-refractivity contribution in [2.45, 2.75) is 13.1 Å². The summed E-state index contributed by atoms with van der Waals surface area (Å²) in [6, 6.07) is 18.3. The van der Waals surface area contributed by atoms with Crippen LogP contribution in [0.2, 0.25) is 20.1 Å². The van der Waals surface area contributed by atoms with E-state index in [0.29, 0.717) is 37.1 Å². The first-order valence-electron chi connectivity index (χ1n) is 10.5. The molecule has 1 fully saturated rings. The number of rotatable bonds is 5. The van der Waals surface area contributed by atoms with Crippen LogP contribution >= 0.6 is 58.2 Å². The number of hydrogen-bond donors (Lipinski definition) is 0. The second kappa shape index (κ2) is 9.92. The maximum absolute atomic E-state index is 13.2. The van der Waals surface area contributed by atoms with Crippen molar-refractivity contribution in [2.75, 3.05) is 0 Å². The fraction of sp³-hybridized carbons (Fsp3) is 0.0769. The van der Waals surface area contributed by atoms with E-state index >= 15 is 0 Å². The number of amides is 2. The van der Waals surface area contributed by atoms with Crippen LogP contribution in [0, 0.1) is 0 Å². The second-order valence-electron chi connectivity index (χ2n) is 7.90. The minimum absolute atomic E-state index is 0.00722. The Bertz CT molecular complexity index is 1490. The van der Waals surface area contributed by atoms with E-state index in [1.54, 1.807) is 42.5 Å².